The van der Waals surface area contributed by atoms with Gasteiger partial charge in [0.2, 0.25) is 11.8 Å². The van der Waals surface area contributed by atoms with Crippen LogP contribution in [0.4, 0.5) is 10.8 Å². The summed E-state index contributed by atoms with van der Waals surface area (Å²) in [5.74, 6) is -3.00. The van der Waals surface area contributed by atoms with Gasteiger partial charge in [0.05, 0.1) is 44.0 Å². The number of hydrogen-bond acceptors (Lipinski definition) is 9. The maximum Gasteiger partial charge on any atom is 0.350 e. The summed E-state index contributed by atoms with van der Waals surface area (Å²) in [5.41, 5.74) is 0.729. The molecule has 2 aromatic rings. The Labute approximate surface area is 180 Å². The van der Waals surface area contributed by atoms with Crippen molar-refractivity contribution in [2.45, 2.75) is 18.9 Å². The third-order valence-corrected chi connectivity index (χ3v) is 5.29. The third kappa shape index (κ3) is 5.04. The molecular formula is C19H18N4O7S. The molecule has 0 radical (unpaired) electrons. The zero-order valence-corrected chi connectivity index (χ0v) is 17.3. The van der Waals surface area contributed by atoms with E-state index in [1.807, 2.05) is 0 Å². The SMILES string of the molecule is COC(=O)Cc1nc(NC(=O)C[C@H]2NC(=O)c3ccccc3NC2=O)sc1C(=O)OC. The van der Waals surface area contributed by atoms with Crippen molar-refractivity contribution < 1.29 is 33.4 Å². The first kappa shape index (κ1) is 21.9. The number of carbonyl (C=O) groups is 5. The number of thiazole rings is 1. The molecule has 2 heterocycles. The van der Waals surface area contributed by atoms with Gasteiger partial charge in [-0.2, -0.15) is 0 Å². The quantitative estimate of drug-likeness (QED) is 0.549. The van der Waals surface area contributed by atoms with Crippen LogP contribution < -0.4 is 16.0 Å². The fraction of sp³-hybridized carbons (Fsp3) is 0.263. The summed E-state index contributed by atoms with van der Waals surface area (Å²) in [4.78, 5) is 64.8. The molecule has 0 saturated carbocycles. The average Bonchev–Trinajstić information content (AvgIpc) is 3.09. The maximum atomic E-state index is 12.5. The van der Waals surface area contributed by atoms with Crippen molar-refractivity contribution in [2.24, 2.45) is 0 Å². The monoisotopic (exact) mass is 446 g/mol. The lowest BCUT2D eigenvalue weighted by Crippen LogP contribution is -2.43. The average molecular weight is 446 g/mol. The molecular weight excluding hydrogens is 428 g/mol. The van der Waals surface area contributed by atoms with Crippen molar-refractivity contribution in [1.29, 1.82) is 0 Å². The van der Waals surface area contributed by atoms with E-state index in [1.165, 1.54) is 14.2 Å². The third-order valence-electron chi connectivity index (χ3n) is 4.29. The number of anilines is 2. The molecule has 1 aromatic heterocycles. The van der Waals surface area contributed by atoms with Crippen molar-refractivity contribution in [3.8, 4) is 0 Å². The number of amides is 3. The molecule has 3 amide bonds. The molecule has 1 aromatic carbocycles. The number of ether oxygens (including phenoxy) is 2. The van der Waals surface area contributed by atoms with Crippen LogP contribution in [0.2, 0.25) is 0 Å². The molecule has 1 aliphatic rings. The molecule has 1 aliphatic heterocycles. The Morgan fingerprint density at radius 1 is 1.16 bits per heavy atom. The van der Waals surface area contributed by atoms with Gasteiger partial charge in [-0.1, -0.05) is 23.5 Å². The summed E-state index contributed by atoms with van der Waals surface area (Å²) in [7, 11) is 2.37. The number of esters is 2. The highest BCUT2D eigenvalue weighted by atomic mass is 32.1. The molecule has 31 heavy (non-hydrogen) atoms. The van der Waals surface area contributed by atoms with Crippen molar-refractivity contribution >= 4 is 51.8 Å². The standard InChI is InChI=1S/C19H18N4O7S/c1-29-14(25)8-11-15(18(28)30-2)31-19(22-11)23-13(24)7-12-17(27)20-10-6-4-3-5-9(10)16(26)21-12/h3-6,12H,7-8H2,1-2H3,(H,20,27)(H,21,26)(H,22,23,24)/t12-/m1/s1. The van der Waals surface area contributed by atoms with Crippen LogP contribution in [0.25, 0.3) is 0 Å². The molecule has 3 rings (SSSR count). The molecule has 1 atom stereocenters. The second kappa shape index (κ2) is 9.34. The van der Waals surface area contributed by atoms with Gasteiger partial charge in [0.25, 0.3) is 5.91 Å². The van der Waals surface area contributed by atoms with E-state index < -0.39 is 35.7 Å². The first-order chi connectivity index (χ1) is 14.8. The van der Waals surface area contributed by atoms with Gasteiger partial charge >= 0.3 is 11.9 Å². The Hall–Kier alpha value is -3.80. The summed E-state index contributed by atoms with van der Waals surface area (Å²) in [6.07, 6.45) is -0.655. The summed E-state index contributed by atoms with van der Waals surface area (Å²) in [6.45, 7) is 0. The van der Waals surface area contributed by atoms with Crippen LogP contribution in [0, 0.1) is 0 Å². The number of para-hydroxylation sites is 1. The summed E-state index contributed by atoms with van der Waals surface area (Å²) in [5, 5.41) is 7.63. The van der Waals surface area contributed by atoms with Crippen LogP contribution in [-0.4, -0.2) is 54.9 Å². The van der Waals surface area contributed by atoms with Gasteiger partial charge in [-0.25, -0.2) is 9.78 Å². The second-order valence-electron chi connectivity index (χ2n) is 6.35. The minimum atomic E-state index is -1.12. The number of rotatable bonds is 6. The molecule has 0 spiro atoms. The van der Waals surface area contributed by atoms with E-state index in [1.54, 1.807) is 24.3 Å². The van der Waals surface area contributed by atoms with Gasteiger partial charge in [0.1, 0.15) is 10.9 Å². The van der Waals surface area contributed by atoms with Crippen LogP contribution in [0.1, 0.15) is 32.1 Å². The highest BCUT2D eigenvalue weighted by Crippen LogP contribution is 2.25. The van der Waals surface area contributed by atoms with Crippen LogP contribution in [0.5, 0.6) is 0 Å². The molecule has 11 nitrogen and oxygen atoms in total. The highest BCUT2D eigenvalue weighted by Gasteiger charge is 2.30. The number of nitrogens with one attached hydrogen (secondary N) is 3. The number of carbonyl (C=O) groups excluding carboxylic acids is 5. The summed E-state index contributed by atoms with van der Waals surface area (Å²) in [6, 6.07) is 5.36. The number of fused-ring (bicyclic) bond motifs is 1. The number of benzene rings is 1. The summed E-state index contributed by atoms with van der Waals surface area (Å²) >= 11 is 0.817. The largest absolute Gasteiger partial charge is 0.469 e. The van der Waals surface area contributed by atoms with Crippen LogP contribution in [0.3, 0.4) is 0 Å². The Morgan fingerprint density at radius 3 is 2.61 bits per heavy atom. The minimum Gasteiger partial charge on any atom is -0.469 e. The normalized spacial score (nSPS) is 15.1. The fourth-order valence-electron chi connectivity index (χ4n) is 2.80. The number of nitrogens with zero attached hydrogens (tertiary/aromatic N) is 1. The number of aromatic nitrogens is 1. The lowest BCUT2D eigenvalue weighted by Gasteiger charge is -2.13. The molecule has 0 bridgehead atoms. The topological polar surface area (TPSA) is 153 Å². The van der Waals surface area contributed by atoms with Gasteiger partial charge in [-0.05, 0) is 12.1 Å². The van der Waals surface area contributed by atoms with Crippen LogP contribution in [-0.2, 0) is 30.3 Å². The maximum absolute atomic E-state index is 12.5. The van der Waals surface area contributed by atoms with E-state index in [0.29, 0.717) is 5.69 Å². The Bertz CT molecular complexity index is 1070. The minimum absolute atomic E-state index is 0.0351. The molecule has 0 fully saturated rings. The molecule has 0 aliphatic carbocycles. The predicted molar refractivity (Wildman–Crippen MR) is 109 cm³/mol. The highest BCUT2D eigenvalue weighted by molar-refractivity contribution is 7.17. The van der Waals surface area contributed by atoms with Crippen molar-refractivity contribution in [3.63, 3.8) is 0 Å². The van der Waals surface area contributed by atoms with E-state index in [2.05, 4.69) is 30.4 Å². The van der Waals surface area contributed by atoms with Crippen molar-refractivity contribution in [2.75, 3.05) is 24.9 Å². The molecule has 0 saturated heterocycles. The van der Waals surface area contributed by atoms with Gasteiger partial charge in [0, 0.05) is 0 Å². The van der Waals surface area contributed by atoms with E-state index in [-0.39, 0.29) is 34.1 Å². The van der Waals surface area contributed by atoms with E-state index >= 15 is 0 Å². The molecule has 0 unspecified atom stereocenters. The summed E-state index contributed by atoms with van der Waals surface area (Å²) < 4.78 is 9.24. The first-order valence-electron chi connectivity index (χ1n) is 8.97. The van der Waals surface area contributed by atoms with E-state index in [0.717, 1.165) is 11.3 Å². The Morgan fingerprint density at radius 2 is 1.90 bits per heavy atom. The van der Waals surface area contributed by atoms with Crippen molar-refractivity contribution in [3.05, 3.63) is 40.4 Å². The predicted octanol–water partition coefficient (Wildman–Crippen LogP) is 0.724. The van der Waals surface area contributed by atoms with E-state index in [4.69, 9.17) is 0 Å². The second-order valence-corrected chi connectivity index (χ2v) is 7.35. The smallest absolute Gasteiger partial charge is 0.350 e. The Kier molecular flexibility index (Phi) is 6.60. The van der Waals surface area contributed by atoms with Gasteiger partial charge in [-0.3, -0.25) is 19.2 Å². The zero-order chi connectivity index (χ0) is 22.5. The number of methoxy groups -OCH3 is 2. The molecule has 12 heteroatoms. The van der Waals surface area contributed by atoms with Gasteiger partial charge in [0.15, 0.2) is 5.13 Å². The van der Waals surface area contributed by atoms with Crippen LogP contribution in [0.15, 0.2) is 24.3 Å². The zero-order valence-electron chi connectivity index (χ0n) is 16.5. The Balaban J connectivity index is 1.72. The first-order valence-corrected chi connectivity index (χ1v) is 9.79. The van der Waals surface area contributed by atoms with Crippen LogP contribution >= 0.6 is 11.3 Å². The van der Waals surface area contributed by atoms with Gasteiger partial charge in [-0.15, -0.1) is 0 Å². The molecule has 162 valence electrons. The lowest BCUT2D eigenvalue weighted by molar-refractivity contribution is -0.139. The lowest BCUT2D eigenvalue weighted by atomic mass is 10.1. The van der Waals surface area contributed by atoms with Crippen molar-refractivity contribution in [1.82, 2.24) is 10.3 Å². The van der Waals surface area contributed by atoms with Gasteiger partial charge < -0.3 is 25.4 Å². The number of hydrogen-bond donors (Lipinski definition) is 3. The van der Waals surface area contributed by atoms with E-state index in [9.17, 15) is 24.0 Å². The molecule has 3 N–H and O–H groups in total. The fourth-order valence-corrected chi connectivity index (χ4v) is 3.71.